The van der Waals surface area contributed by atoms with Crippen molar-refractivity contribution in [3.05, 3.63) is 11.8 Å². The Hall–Kier alpha value is -1.93. The zero-order valence-corrected chi connectivity index (χ0v) is 14.3. The molecule has 132 valence electrons. The number of likely N-dealkylation sites (N-methyl/N-ethyl adjacent to an activating group) is 1. The first-order chi connectivity index (χ1) is 11.6. The highest BCUT2D eigenvalue weighted by Crippen LogP contribution is 2.21. The normalized spacial score (nSPS) is 22.7. The van der Waals surface area contributed by atoms with Crippen molar-refractivity contribution in [3.8, 4) is 0 Å². The lowest BCUT2D eigenvalue weighted by Gasteiger charge is -2.38. The first-order valence-corrected chi connectivity index (χ1v) is 8.47. The molecular formula is C16H25N5O3. The predicted molar refractivity (Wildman–Crippen MR) is 90.7 cm³/mol. The van der Waals surface area contributed by atoms with Crippen LogP contribution in [0.25, 0.3) is 0 Å². The number of nitrogens with zero attached hydrogens (tertiary/aromatic N) is 5. The number of aliphatic carboxylic acids is 1. The van der Waals surface area contributed by atoms with Crippen molar-refractivity contribution < 1.29 is 14.6 Å². The molecule has 8 heteroatoms. The summed E-state index contributed by atoms with van der Waals surface area (Å²) in [6.45, 7) is 6.92. The van der Waals surface area contributed by atoms with Crippen LogP contribution in [0.5, 0.6) is 0 Å². The minimum Gasteiger partial charge on any atom is -0.480 e. The second-order valence-corrected chi connectivity index (χ2v) is 6.25. The van der Waals surface area contributed by atoms with Crippen LogP contribution in [0.15, 0.2) is 6.07 Å². The lowest BCUT2D eigenvalue weighted by atomic mass is 10.1. The summed E-state index contributed by atoms with van der Waals surface area (Å²) < 4.78 is 5.40. The van der Waals surface area contributed by atoms with Crippen LogP contribution >= 0.6 is 0 Å². The number of carboxylic acid groups (broad SMARTS) is 1. The highest BCUT2D eigenvalue weighted by Gasteiger charge is 2.31. The molecule has 1 atom stereocenters. The molecule has 24 heavy (non-hydrogen) atoms. The highest BCUT2D eigenvalue weighted by molar-refractivity contribution is 5.74. The number of ether oxygens (including phenoxy) is 1. The van der Waals surface area contributed by atoms with E-state index in [-0.39, 0.29) is 0 Å². The molecule has 0 saturated carbocycles. The van der Waals surface area contributed by atoms with Gasteiger partial charge in [0.15, 0.2) is 0 Å². The van der Waals surface area contributed by atoms with Crippen LogP contribution in [-0.4, -0.2) is 85.0 Å². The summed E-state index contributed by atoms with van der Waals surface area (Å²) in [5.41, 5.74) is 0.979. The predicted octanol–water partition coefficient (Wildman–Crippen LogP) is 0.0806. The topological polar surface area (TPSA) is 82.0 Å². The van der Waals surface area contributed by atoms with Crippen molar-refractivity contribution in [2.75, 3.05) is 62.8 Å². The maximum atomic E-state index is 11.5. The van der Waals surface area contributed by atoms with Crippen molar-refractivity contribution in [2.24, 2.45) is 0 Å². The van der Waals surface area contributed by atoms with E-state index in [1.807, 2.05) is 18.0 Å². The van der Waals surface area contributed by atoms with Gasteiger partial charge >= 0.3 is 5.97 Å². The Morgan fingerprint density at radius 3 is 2.67 bits per heavy atom. The van der Waals surface area contributed by atoms with Crippen LogP contribution in [-0.2, 0) is 16.0 Å². The zero-order valence-electron chi connectivity index (χ0n) is 14.3. The quantitative estimate of drug-likeness (QED) is 0.828. The Balaban J connectivity index is 1.85. The molecule has 0 bridgehead atoms. The number of piperazine rings is 1. The zero-order chi connectivity index (χ0) is 17.1. The van der Waals surface area contributed by atoms with Gasteiger partial charge in [0, 0.05) is 44.5 Å². The summed E-state index contributed by atoms with van der Waals surface area (Å²) in [4.78, 5) is 26.9. The molecule has 0 radical (unpaired) electrons. The molecule has 1 unspecified atom stereocenters. The molecule has 0 amide bonds. The standard InChI is InChI=1S/C16H25N5O3/c1-3-12-10-14(18-16(17-12)20-6-8-24-9-7-20)21-5-4-19(2)13(11-21)15(22)23/h10,13H,3-9,11H2,1-2H3,(H,22,23). The fourth-order valence-corrected chi connectivity index (χ4v) is 3.07. The monoisotopic (exact) mass is 335 g/mol. The van der Waals surface area contributed by atoms with E-state index in [1.165, 1.54) is 0 Å². The van der Waals surface area contributed by atoms with Gasteiger partial charge in [0.05, 0.1) is 13.2 Å². The van der Waals surface area contributed by atoms with Gasteiger partial charge in [-0.2, -0.15) is 4.98 Å². The van der Waals surface area contributed by atoms with E-state index in [0.717, 1.165) is 43.5 Å². The minimum absolute atomic E-state index is 0.439. The summed E-state index contributed by atoms with van der Waals surface area (Å²) in [6.07, 6.45) is 0.822. The molecule has 3 heterocycles. The maximum Gasteiger partial charge on any atom is 0.322 e. The average Bonchev–Trinajstić information content (AvgIpc) is 2.62. The van der Waals surface area contributed by atoms with E-state index < -0.39 is 12.0 Å². The van der Waals surface area contributed by atoms with E-state index in [4.69, 9.17) is 9.72 Å². The summed E-state index contributed by atoms with van der Waals surface area (Å²) >= 11 is 0. The fraction of sp³-hybridized carbons (Fsp3) is 0.688. The lowest BCUT2D eigenvalue weighted by Crippen LogP contribution is -2.55. The molecule has 0 aromatic carbocycles. The van der Waals surface area contributed by atoms with Crippen LogP contribution in [0.2, 0.25) is 0 Å². The van der Waals surface area contributed by atoms with Gasteiger partial charge in [0.2, 0.25) is 5.95 Å². The van der Waals surface area contributed by atoms with Gasteiger partial charge in [0.1, 0.15) is 11.9 Å². The minimum atomic E-state index is -0.791. The van der Waals surface area contributed by atoms with Crippen molar-refractivity contribution in [1.82, 2.24) is 14.9 Å². The van der Waals surface area contributed by atoms with Crippen LogP contribution in [0.4, 0.5) is 11.8 Å². The number of hydrogen-bond acceptors (Lipinski definition) is 7. The van der Waals surface area contributed by atoms with Crippen molar-refractivity contribution in [1.29, 1.82) is 0 Å². The van der Waals surface area contributed by atoms with E-state index in [2.05, 4.69) is 21.7 Å². The molecule has 1 N–H and O–H groups in total. The Bertz CT molecular complexity index is 591. The Labute approximate surface area is 142 Å². The van der Waals surface area contributed by atoms with E-state index in [0.29, 0.717) is 26.3 Å². The number of morpholine rings is 1. The van der Waals surface area contributed by atoms with Crippen molar-refractivity contribution >= 4 is 17.7 Å². The van der Waals surface area contributed by atoms with Gasteiger partial charge in [-0.1, -0.05) is 6.92 Å². The van der Waals surface area contributed by atoms with Gasteiger partial charge in [-0.05, 0) is 13.5 Å². The van der Waals surface area contributed by atoms with E-state index in [1.54, 1.807) is 0 Å². The van der Waals surface area contributed by atoms with Crippen LogP contribution < -0.4 is 9.80 Å². The second-order valence-electron chi connectivity index (χ2n) is 6.25. The first kappa shape index (κ1) is 16.9. The molecule has 2 fully saturated rings. The summed E-state index contributed by atoms with van der Waals surface area (Å²) in [5.74, 6) is 0.751. The fourth-order valence-electron chi connectivity index (χ4n) is 3.07. The molecule has 0 spiro atoms. The number of anilines is 2. The second kappa shape index (κ2) is 7.31. The molecule has 2 saturated heterocycles. The Morgan fingerprint density at radius 1 is 1.25 bits per heavy atom. The van der Waals surface area contributed by atoms with E-state index >= 15 is 0 Å². The highest BCUT2D eigenvalue weighted by atomic mass is 16.5. The molecule has 0 aliphatic carbocycles. The number of hydrogen-bond donors (Lipinski definition) is 1. The number of aromatic nitrogens is 2. The Morgan fingerprint density at radius 2 is 2.00 bits per heavy atom. The smallest absolute Gasteiger partial charge is 0.322 e. The Kier molecular flexibility index (Phi) is 5.15. The van der Waals surface area contributed by atoms with Gasteiger partial charge in [-0.25, -0.2) is 4.98 Å². The molecule has 8 nitrogen and oxygen atoms in total. The third-order valence-corrected chi connectivity index (χ3v) is 4.67. The van der Waals surface area contributed by atoms with Crippen LogP contribution in [0.3, 0.4) is 0 Å². The number of aryl methyl sites for hydroxylation is 1. The summed E-state index contributed by atoms with van der Waals surface area (Å²) in [6, 6.07) is 1.47. The van der Waals surface area contributed by atoms with Gasteiger partial charge in [-0.15, -0.1) is 0 Å². The maximum absolute atomic E-state index is 11.5. The van der Waals surface area contributed by atoms with Crippen LogP contribution in [0.1, 0.15) is 12.6 Å². The third-order valence-electron chi connectivity index (χ3n) is 4.67. The first-order valence-electron chi connectivity index (χ1n) is 8.47. The van der Waals surface area contributed by atoms with E-state index in [9.17, 15) is 9.90 Å². The van der Waals surface area contributed by atoms with Gasteiger partial charge < -0.3 is 19.6 Å². The average molecular weight is 335 g/mol. The number of rotatable bonds is 4. The molecule has 1 aromatic rings. The summed E-state index contributed by atoms with van der Waals surface area (Å²) in [5, 5.41) is 9.41. The lowest BCUT2D eigenvalue weighted by molar-refractivity contribution is -0.142. The van der Waals surface area contributed by atoms with Gasteiger partial charge in [0.25, 0.3) is 0 Å². The molecular weight excluding hydrogens is 310 g/mol. The van der Waals surface area contributed by atoms with Gasteiger partial charge in [-0.3, -0.25) is 9.69 Å². The molecule has 1 aromatic heterocycles. The number of carboxylic acids is 1. The van der Waals surface area contributed by atoms with Crippen LogP contribution in [0, 0.1) is 0 Å². The van der Waals surface area contributed by atoms with Crippen molar-refractivity contribution in [3.63, 3.8) is 0 Å². The SMILES string of the molecule is CCc1cc(N2CCN(C)C(C(=O)O)C2)nc(N2CCOCC2)n1. The molecule has 2 aliphatic rings. The molecule has 3 rings (SSSR count). The molecule has 2 aliphatic heterocycles. The third kappa shape index (κ3) is 3.59. The largest absolute Gasteiger partial charge is 0.480 e. The number of carbonyl (C=O) groups is 1. The summed E-state index contributed by atoms with van der Waals surface area (Å²) in [7, 11) is 1.85. The van der Waals surface area contributed by atoms with Crippen molar-refractivity contribution in [2.45, 2.75) is 19.4 Å².